The third-order valence-corrected chi connectivity index (χ3v) is 1.73. The molecule has 0 aromatic carbocycles. The molecule has 16 heavy (non-hydrogen) atoms. The molecular formula is C7H11FN2O6. The van der Waals surface area contributed by atoms with Crippen LogP contribution in [-0.4, -0.2) is 40.9 Å². The van der Waals surface area contributed by atoms with Gasteiger partial charge in [-0.05, 0) is 0 Å². The van der Waals surface area contributed by atoms with Crippen LogP contribution in [0.5, 0.6) is 0 Å². The lowest BCUT2D eigenvalue weighted by molar-refractivity contribution is -0.535. The standard InChI is InChI=1S/C7H11FN2O6/c8-3-5(11)4(10(14)15)1-2-6(12)16-7(9)13/h4-5,11H,1-3H2,(H2,9,13). The summed E-state index contributed by atoms with van der Waals surface area (Å²) in [6.45, 7) is -1.30. The Bertz CT molecular complexity index is 284. The summed E-state index contributed by atoms with van der Waals surface area (Å²) in [5.74, 6) is -1.06. The van der Waals surface area contributed by atoms with Crippen LogP contribution >= 0.6 is 0 Å². The molecule has 2 atom stereocenters. The molecule has 0 aliphatic heterocycles. The molecule has 92 valence electrons. The molecule has 0 aromatic rings. The molecule has 0 aliphatic carbocycles. The average Bonchev–Trinajstić information content (AvgIpc) is 2.15. The normalized spacial score (nSPS) is 13.9. The topological polar surface area (TPSA) is 133 Å². The molecule has 0 aromatic heterocycles. The maximum atomic E-state index is 12.0. The summed E-state index contributed by atoms with van der Waals surface area (Å²) < 4.78 is 15.9. The van der Waals surface area contributed by atoms with E-state index in [0.29, 0.717) is 0 Å². The maximum Gasteiger partial charge on any atom is 0.412 e. The van der Waals surface area contributed by atoms with Gasteiger partial charge in [0.1, 0.15) is 12.8 Å². The van der Waals surface area contributed by atoms with Crippen molar-refractivity contribution in [1.29, 1.82) is 0 Å². The van der Waals surface area contributed by atoms with Crippen molar-refractivity contribution in [2.24, 2.45) is 5.73 Å². The molecule has 2 unspecified atom stereocenters. The van der Waals surface area contributed by atoms with Crippen LogP contribution in [0.3, 0.4) is 0 Å². The first-order chi connectivity index (χ1) is 7.38. The number of aliphatic hydroxyl groups is 1. The fraction of sp³-hybridized carbons (Fsp3) is 0.714. The minimum Gasteiger partial charge on any atom is -0.383 e. The second kappa shape index (κ2) is 6.67. The van der Waals surface area contributed by atoms with Crippen molar-refractivity contribution in [3.63, 3.8) is 0 Å². The smallest absolute Gasteiger partial charge is 0.383 e. The summed E-state index contributed by atoms with van der Waals surface area (Å²) in [5, 5.41) is 19.3. The molecule has 0 fully saturated rings. The van der Waals surface area contributed by atoms with Crippen molar-refractivity contribution < 1.29 is 28.7 Å². The number of nitrogens with zero attached hydrogens (tertiary/aromatic N) is 1. The molecular weight excluding hydrogens is 227 g/mol. The summed E-state index contributed by atoms with van der Waals surface area (Å²) in [4.78, 5) is 30.4. The van der Waals surface area contributed by atoms with Gasteiger partial charge in [0.25, 0.3) is 0 Å². The fourth-order valence-electron chi connectivity index (χ4n) is 0.970. The Balaban J connectivity index is 4.17. The Labute approximate surface area is 89.3 Å². The minimum absolute atomic E-state index is 0.440. The van der Waals surface area contributed by atoms with E-state index in [9.17, 15) is 24.1 Å². The Morgan fingerprint density at radius 1 is 1.56 bits per heavy atom. The SMILES string of the molecule is NC(=O)OC(=O)CCC(C(O)CF)[N+](=O)[O-]. The van der Waals surface area contributed by atoms with E-state index in [1.807, 2.05) is 0 Å². The lowest BCUT2D eigenvalue weighted by Gasteiger charge is -2.12. The van der Waals surface area contributed by atoms with Crippen LogP contribution in [0.1, 0.15) is 12.8 Å². The van der Waals surface area contributed by atoms with E-state index in [1.165, 1.54) is 0 Å². The first-order valence-electron chi connectivity index (χ1n) is 4.26. The van der Waals surface area contributed by atoms with Crippen molar-refractivity contribution in [2.75, 3.05) is 6.67 Å². The number of primary amides is 1. The van der Waals surface area contributed by atoms with Gasteiger partial charge in [-0.15, -0.1) is 0 Å². The van der Waals surface area contributed by atoms with Gasteiger partial charge in [0, 0.05) is 11.3 Å². The third-order valence-electron chi connectivity index (χ3n) is 1.73. The molecule has 1 amide bonds. The van der Waals surface area contributed by atoms with Crippen LogP contribution in [0.15, 0.2) is 0 Å². The molecule has 0 saturated carbocycles. The van der Waals surface area contributed by atoms with E-state index < -0.39 is 48.6 Å². The number of nitro groups is 1. The average molecular weight is 238 g/mol. The number of carbonyl (C=O) groups excluding carboxylic acids is 2. The first-order valence-corrected chi connectivity index (χ1v) is 4.26. The first kappa shape index (κ1) is 14.2. The van der Waals surface area contributed by atoms with Crippen LogP contribution in [0.2, 0.25) is 0 Å². The summed E-state index contributed by atoms with van der Waals surface area (Å²) in [7, 11) is 0. The van der Waals surface area contributed by atoms with Crippen LogP contribution < -0.4 is 5.73 Å². The third kappa shape index (κ3) is 5.20. The Morgan fingerprint density at radius 3 is 2.50 bits per heavy atom. The molecule has 0 spiro atoms. The molecule has 8 nitrogen and oxygen atoms in total. The van der Waals surface area contributed by atoms with E-state index in [4.69, 9.17) is 5.11 Å². The zero-order chi connectivity index (χ0) is 12.7. The van der Waals surface area contributed by atoms with Crippen LogP contribution in [-0.2, 0) is 9.53 Å². The highest BCUT2D eigenvalue weighted by Crippen LogP contribution is 2.08. The summed E-state index contributed by atoms with van der Waals surface area (Å²) in [5.41, 5.74) is 4.52. The van der Waals surface area contributed by atoms with Crippen LogP contribution in [0, 0.1) is 10.1 Å². The molecule has 3 N–H and O–H groups in total. The number of ether oxygens (including phenoxy) is 1. The zero-order valence-corrected chi connectivity index (χ0v) is 8.17. The van der Waals surface area contributed by atoms with Crippen LogP contribution in [0.4, 0.5) is 9.18 Å². The van der Waals surface area contributed by atoms with Crippen LogP contribution in [0.25, 0.3) is 0 Å². The van der Waals surface area contributed by atoms with E-state index in [2.05, 4.69) is 10.5 Å². The van der Waals surface area contributed by atoms with E-state index >= 15 is 0 Å². The predicted molar refractivity (Wildman–Crippen MR) is 47.7 cm³/mol. The number of carbonyl (C=O) groups is 2. The van der Waals surface area contributed by atoms with Gasteiger partial charge < -0.3 is 15.6 Å². The summed E-state index contributed by atoms with van der Waals surface area (Å²) in [6, 6.07) is -1.62. The molecule has 0 heterocycles. The largest absolute Gasteiger partial charge is 0.412 e. The molecule has 0 bridgehead atoms. The molecule has 0 rings (SSSR count). The van der Waals surface area contributed by atoms with Crippen molar-refractivity contribution in [1.82, 2.24) is 0 Å². The molecule has 0 aliphatic rings. The monoisotopic (exact) mass is 238 g/mol. The zero-order valence-electron chi connectivity index (χ0n) is 8.17. The number of nitrogens with two attached hydrogens (primary N) is 1. The van der Waals surface area contributed by atoms with Crippen molar-refractivity contribution in [3.05, 3.63) is 10.1 Å². The number of rotatable bonds is 6. The van der Waals surface area contributed by atoms with Gasteiger partial charge in [-0.25, -0.2) is 9.18 Å². The predicted octanol–water partition coefficient (Wildman–Crippen LogP) is -0.636. The van der Waals surface area contributed by atoms with Gasteiger partial charge in [0.15, 0.2) is 0 Å². The van der Waals surface area contributed by atoms with Gasteiger partial charge in [0.05, 0.1) is 6.42 Å². The van der Waals surface area contributed by atoms with Crippen molar-refractivity contribution in [3.8, 4) is 0 Å². The van der Waals surface area contributed by atoms with E-state index in [1.54, 1.807) is 0 Å². The second-order valence-corrected chi connectivity index (χ2v) is 2.91. The Morgan fingerprint density at radius 2 is 2.12 bits per heavy atom. The quantitative estimate of drug-likeness (QED) is 0.274. The summed E-state index contributed by atoms with van der Waals surface area (Å²) in [6.07, 6.45) is -4.07. The van der Waals surface area contributed by atoms with E-state index in [-0.39, 0.29) is 0 Å². The highest BCUT2D eigenvalue weighted by atomic mass is 19.1. The highest BCUT2D eigenvalue weighted by Gasteiger charge is 2.30. The minimum atomic E-state index is -1.80. The summed E-state index contributed by atoms with van der Waals surface area (Å²) >= 11 is 0. The highest BCUT2D eigenvalue weighted by molar-refractivity contribution is 5.83. The van der Waals surface area contributed by atoms with Gasteiger partial charge in [-0.2, -0.15) is 0 Å². The van der Waals surface area contributed by atoms with Crippen molar-refractivity contribution in [2.45, 2.75) is 25.0 Å². The second-order valence-electron chi connectivity index (χ2n) is 2.91. The Kier molecular flexibility index (Phi) is 5.93. The van der Waals surface area contributed by atoms with Gasteiger partial charge in [0.2, 0.25) is 6.04 Å². The number of aliphatic hydroxyl groups excluding tert-OH is 1. The lowest BCUT2D eigenvalue weighted by atomic mass is 10.1. The van der Waals surface area contributed by atoms with Crippen molar-refractivity contribution >= 4 is 12.1 Å². The fourth-order valence-corrected chi connectivity index (χ4v) is 0.970. The number of hydrogen-bond donors (Lipinski definition) is 2. The van der Waals surface area contributed by atoms with E-state index in [0.717, 1.165) is 0 Å². The molecule has 9 heteroatoms. The maximum absolute atomic E-state index is 12.0. The number of alkyl halides is 1. The molecule has 0 saturated heterocycles. The number of esters is 1. The van der Waals surface area contributed by atoms with Gasteiger partial charge >= 0.3 is 12.1 Å². The van der Waals surface area contributed by atoms with Gasteiger partial charge in [-0.1, -0.05) is 0 Å². The molecule has 0 radical (unpaired) electrons. The number of hydrogen-bond acceptors (Lipinski definition) is 6. The van der Waals surface area contributed by atoms with Gasteiger partial charge in [-0.3, -0.25) is 14.9 Å². The number of amides is 1. The number of halogens is 1. The Hall–Kier alpha value is -1.77. The lowest BCUT2D eigenvalue weighted by Crippen LogP contribution is -2.36.